The van der Waals surface area contributed by atoms with Crippen LogP contribution in [0.25, 0.3) is 0 Å². The molecule has 0 aromatic carbocycles. The average molecular weight is 287 g/mol. The smallest absolute Gasteiger partial charge is 0.341 e. The zero-order chi connectivity index (χ0) is 14.4. The number of halogens is 1. The maximum absolute atomic E-state index is 12.1. The summed E-state index contributed by atoms with van der Waals surface area (Å²) in [6.07, 6.45) is 8.05. The molecule has 0 aliphatic heterocycles. The first-order valence-electron chi connectivity index (χ1n) is 5.88. The zero-order valence-corrected chi connectivity index (χ0v) is 11.2. The quantitative estimate of drug-likeness (QED) is 0.492. The van der Waals surface area contributed by atoms with Crippen molar-refractivity contribution in [3.8, 4) is 12.3 Å². The Morgan fingerprint density at radius 2 is 2.10 bits per heavy atom. The van der Waals surface area contributed by atoms with E-state index in [0.717, 1.165) is 0 Å². The molecule has 0 N–H and O–H groups in total. The van der Waals surface area contributed by atoms with Gasteiger partial charge in [0.05, 0.1) is 17.7 Å². The van der Waals surface area contributed by atoms with Crippen molar-refractivity contribution in [3.63, 3.8) is 0 Å². The molecule has 100 valence electrons. The Bertz CT molecular complexity index is 638. The van der Waals surface area contributed by atoms with Crippen LogP contribution in [-0.2, 0) is 4.74 Å². The number of aromatic nitrogens is 2. The van der Waals surface area contributed by atoms with Crippen molar-refractivity contribution in [1.82, 2.24) is 9.97 Å². The van der Waals surface area contributed by atoms with Crippen LogP contribution < -0.4 is 0 Å². The molecular weight excluding hydrogens is 276 g/mol. The van der Waals surface area contributed by atoms with Gasteiger partial charge in [-0.2, -0.15) is 0 Å². The summed E-state index contributed by atoms with van der Waals surface area (Å²) in [5.41, 5.74) is 0.797. The Morgan fingerprint density at radius 1 is 1.30 bits per heavy atom. The van der Waals surface area contributed by atoms with Crippen LogP contribution in [0.15, 0.2) is 42.7 Å². The highest BCUT2D eigenvalue weighted by molar-refractivity contribution is 6.32. The van der Waals surface area contributed by atoms with Gasteiger partial charge in [-0.25, -0.2) is 9.78 Å². The van der Waals surface area contributed by atoms with E-state index >= 15 is 0 Å². The molecule has 2 aromatic heterocycles. The number of terminal acetylenes is 1. The van der Waals surface area contributed by atoms with Gasteiger partial charge in [0.2, 0.25) is 0 Å². The van der Waals surface area contributed by atoms with Crippen LogP contribution in [0, 0.1) is 12.3 Å². The van der Waals surface area contributed by atoms with Gasteiger partial charge in [0, 0.05) is 12.4 Å². The van der Waals surface area contributed by atoms with Crippen LogP contribution in [0.2, 0.25) is 5.15 Å². The van der Waals surface area contributed by atoms with Gasteiger partial charge in [0.1, 0.15) is 5.15 Å². The molecule has 0 bridgehead atoms. The van der Waals surface area contributed by atoms with Gasteiger partial charge in [-0.05, 0) is 24.3 Å². The summed E-state index contributed by atoms with van der Waals surface area (Å²) in [5, 5.41) is 0.0954. The molecule has 0 aliphatic rings. The highest BCUT2D eigenvalue weighted by atomic mass is 35.5. The molecule has 2 heterocycles. The summed E-state index contributed by atoms with van der Waals surface area (Å²) in [4.78, 5) is 20.1. The SMILES string of the molecule is C#CC[C@@H](OC(=O)c1cccnc1Cl)c1ccccn1. The first-order chi connectivity index (χ1) is 9.72. The molecule has 0 saturated carbocycles. The van der Waals surface area contributed by atoms with Crippen molar-refractivity contribution in [3.05, 3.63) is 59.1 Å². The van der Waals surface area contributed by atoms with Crippen LogP contribution in [0.4, 0.5) is 0 Å². The molecule has 0 unspecified atom stereocenters. The molecule has 1 atom stereocenters. The minimum Gasteiger partial charge on any atom is -0.451 e. The lowest BCUT2D eigenvalue weighted by Crippen LogP contribution is -2.13. The van der Waals surface area contributed by atoms with Gasteiger partial charge in [0.25, 0.3) is 0 Å². The maximum atomic E-state index is 12.1. The Balaban J connectivity index is 2.19. The van der Waals surface area contributed by atoms with Gasteiger partial charge in [-0.15, -0.1) is 12.3 Å². The molecule has 0 radical (unpaired) electrons. The number of pyridine rings is 2. The summed E-state index contributed by atoms with van der Waals surface area (Å²) in [5.74, 6) is 1.90. The van der Waals surface area contributed by atoms with E-state index < -0.39 is 12.1 Å². The number of esters is 1. The van der Waals surface area contributed by atoms with E-state index in [4.69, 9.17) is 22.8 Å². The standard InChI is InChI=1S/C15H11ClN2O2/c1-2-6-13(12-8-3-4-9-17-12)20-15(19)11-7-5-10-18-14(11)16/h1,3-5,7-10,13H,6H2/t13-/m1/s1. The molecule has 0 saturated heterocycles. The second-order valence-electron chi connectivity index (χ2n) is 3.90. The van der Waals surface area contributed by atoms with Gasteiger partial charge in [-0.1, -0.05) is 17.7 Å². The molecule has 5 heteroatoms. The van der Waals surface area contributed by atoms with Crippen LogP contribution in [0.5, 0.6) is 0 Å². The first kappa shape index (κ1) is 14.0. The maximum Gasteiger partial charge on any atom is 0.341 e. The minimum absolute atomic E-state index is 0.0954. The first-order valence-corrected chi connectivity index (χ1v) is 6.26. The fraction of sp³-hybridized carbons (Fsp3) is 0.133. The number of hydrogen-bond acceptors (Lipinski definition) is 4. The van der Waals surface area contributed by atoms with Crippen molar-refractivity contribution in [1.29, 1.82) is 0 Å². The van der Waals surface area contributed by atoms with Crippen LogP contribution in [0.3, 0.4) is 0 Å². The zero-order valence-electron chi connectivity index (χ0n) is 10.5. The van der Waals surface area contributed by atoms with E-state index in [9.17, 15) is 4.79 Å². The molecule has 20 heavy (non-hydrogen) atoms. The van der Waals surface area contributed by atoms with Crippen LogP contribution >= 0.6 is 11.6 Å². The Morgan fingerprint density at radius 3 is 2.75 bits per heavy atom. The normalized spacial score (nSPS) is 11.4. The largest absolute Gasteiger partial charge is 0.451 e. The van der Waals surface area contributed by atoms with Gasteiger partial charge in [0.15, 0.2) is 6.10 Å². The second-order valence-corrected chi connectivity index (χ2v) is 4.26. The molecule has 2 aromatic rings. The van der Waals surface area contributed by atoms with E-state index in [1.807, 2.05) is 0 Å². The van der Waals surface area contributed by atoms with Crippen molar-refractivity contribution in [2.45, 2.75) is 12.5 Å². The number of carbonyl (C=O) groups is 1. The fourth-order valence-electron chi connectivity index (χ4n) is 1.61. The number of rotatable bonds is 4. The highest BCUT2D eigenvalue weighted by Crippen LogP contribution is 2.22. The lowest BCUT2D eigenvalue weighted by atomic mass is 10.1. The predicted octanol–water partition coefficient (Wildman–Crippen LogP) is 3.05. The lowest BCUT2D eigenvalue weighted by molar-refractivity contribution is 0.0298. The monoisotopic (exact) mass is 286 g/mol. The predicted molar refractivity (Wildman–Crippen MR) is 75.1 cm³/mol. The van der Waals surface area contributed by atoms with Crippen molar-refractivity contribution < 1.29 is 9.53 Å². The number of ether oxygens (including phenoxy) is 1. The fourth-order valence-corrected chi connectivity index (χ4v) is 1.81. The summed E-state index contributed by atoms with van der Waals surface area (Å²) < 4.78 is 5.38. The Hall–Kier alpha value is -2.38. The number of carbonyl (C=O) groups excluding carboxylic acids is 1. The third-order valence-electron chi connectivity index (χ3n) is 2.55. The molecule has 0 amide bonds. The van der Waals surface area contributed by atoms with Gasteiger partial charge in [-0.3, -0.25) is 4.98 Å². The molecule has 0 aliphatic carbocycles. The van der Waals surface area contributed by atoms with Crippen molar-refractivity contribution in [2.24, 2.45) is 0 Å². The minimum atomic E-state index is -0.607. The second kappa shape index (κ2) is 6.69. The third-order valence-corrected chi connectivity index (χ3v) is 2.85. The Labute approximate surface area is 121 Å². The third kappa shape index (κ3) is 3.34. The molecule has 4 nitrogen and oxygen atoms in total. The van der Waals surface area contributed by atoms with E-state index in [1.165, 1.54) is 6.20 Å². The van der Waals surface area contributed by atoms with Crippen LogP contribution in [0.1, 0.15) is 28.6 Å². The van der Waals surface area contributed by atoms with Crippen LogP contribution in [-0.4, -0.2) is 15.9 Å². The van der Waals surface area contributed by atoms with Crippen molar-refractivity contribution >= 4 is 17.6 Å². The topological polar surface area (TPSA) is 52.1 Å². The number of hydrogen-bond donors (Lipinski definition) is 0. The highest BCUT2D eigenvalue weighted by Gasteiger charge is 2.20. The molecule has 0 spiro atoms. The summed E-state index contributed by atoms with van der Waals surface area (Å²) >= 11 is 5.86. The molecule has 0 fully saturated rings. The Kier molecular flexibility index (Phi) is 4.70. The van der Waals surface area contributed by atoms with Gasteiger partial charge >= 0.3 is 5.97 Å². The summed E-state index contributed by atoms with van der Waals surface area (Å²) in [6, 6.07) is 8.48. The van der Waals surface area contributed by atoms with Crippen molar-refractivity contribution in [2.75, 3.05) is 0 Å². The summed E-state index contributed by atoms with van der Waals surface area (Å²) in [7, 11) is 0. The van der Waals surface area contributed by atoms with E-state index in [2.05, 4.69) is 15.9 Å². The van der Waals surface area contributed by atoms with Gasteiger partial charge < -0.3 is 4.74 Å². The molecule has 2 rings (SSSR count). The lowest BCUT2D eigenvalue weighted by Gasteiger charge is -2.15. The van der Waals surface area contributed by atoms with E-state index in [-0.39, 0.29) is 17.1 Å². The van der Waals surface area contributed by atoms with E-state index in [0.29, 0.717) is 5.69 Å². The molecular formula is C15H11ClN2O2. The van der Waals surface area contributed by atoms with E-state index in [1.54, 1.807) is 36.5 Å². The average Bonchev–Trinajstić information content (AvgIpc) is 2.48. The number of nitrogens with zero attached hydrogens (tertiary/aromatic N) is 2. The summed E-state index contributed by atoms with van der Waals surface area (Å²) in [6.45, 7) is 0.